The number of rotatable bonds is 5. The second kappa shape index (κ2) is 8.24. The van der Waals surface area contributed by atoms with Gasteiger partial charge in [-0.25, -0.2) is 4.79 Å². The Morgan fingerprint density at radius 2 is 1.91 bits per heavy atom. The van der Waals surface area contributed by atoms with E-state index in [1.165, 1.54) is 0 Å². The molecule has 3 aromatic heterocycles. The fraction of sp³-hybridized carbons (Fsp3) is 0.320. The number of hydrogen-bond acceptors (Lipinski definition) is 5. The molecule has 4 heterocycles. The minimum atomic E-state index is -0.930. The first-order valence-electron chi connectivity index (χ1n) is 10.8. The van der Waals surface area contributed by atoms with Crippen LogP contribution in [0, 0.1) is 19.8 Å². The molecule has 0 aliphatic carbocycles. The lowest BCUT2D eigenvalue weighted by Crippen LogP contribution is -2.20. The van der Waals surface area contributed by atoms with Gasteiger partial charge in [-0.3, -0.25) is 4.98 Å². The number of hydrogen-bond donors (Lipinski definition) is 1. The lowest BCUT2D eigenvalue weighted by atomic mass is 10.0. The summed E-state index contributed by atoms with van der Waals surface area (Å²) in [6, 6.07) is 9.13. The highest BCUT2D eigenvalue weighted by Crippen LogP contribution is 2.35. The number of ether oxygens (including phenoxy) is 1. The number of carbonyl (C=O) groups is 1. The van der Waals surface area contributed by atoms with Gasteiger partial charge in [0.25, 0.3) is 0 Å². The summed E-state index contributed by atoms with van der Waals surface area (Å²) < 4.78 is 13.2. The Labute approximate surface area is 185 Å². The molecule has 1 aliphatic rings. The maximum Gasteiger partial charge on any atom is 0.335 e. The number of nitrogens with zero attached hydrogens (tertiary/aromatic N) is 3. The number of aromatic nitrogens is 3. The van der Waals surface area contributed by atoms with E-state index in [1.54, 1.807) is 12.1 Å². The van der Waals surface area contributed by atoms with Crippen molar-refractivity contribution in [2.75, 3.05) is 13.2 Å². The van der Waals surface area contributed by atoms with E-state index in [4.69, 9.17) is 14.2 Å². The van der Waals surface area contributed by atoms with Crippen molar-refractivity contribution in [1.29, 1.82) is 0 Å². The van der Waals surface area contributed by atoms with Crippen LogP contribution in [-0.4, -0.2) is 39.0 Å². The molecule has 0 spiro atoms. The van der Waals surface area contributed by atoms with E-state index in [0.29, 0.717) is 5.92 Å². The van der Waals surface area contributed by atoms with Gasteiger partial charge in [-0.05, 0) is 56.4 Å². The zero-order chi connectivity index (χ0) is 22.2. The molecule has 1 aliphatic heterocycles. The van der Waals surface area contributed by atoms with Gasteiger partial charge in [0.1, 0.15) is 5.76 Å². The average Bonchev–Trinajstić information content (AvgIpc) is 3.33. The monoisotopic (exact) mass is 431 g/mol. The van der Waals surface area contributed by atoms with E-state index in [9.17, 15) is 9.90 Å². The largest absolute Gasteiger partial charge is 0.478 e. The number of carboxylic acids is 1. The van der Waals surface area contributed by atoms with Crippen LogP contribution in [-0.2, 0) is 11.3 Å². The van der Waals surface area contributed by atoms with Crippen LogP contribution in [0.5, 0.6) is 0 Å². The maximum absolute atomic E-state index is 11.3. The van der Waals surface area contributed by atoms with Crippen molar-refractivity contribution in [3.05, 3.63) is 59.7 Å². The molecule has 0 radical (unpaired) electrons. The Morgan fingerprint density at radius 1 is 1.16 bits per heavy atom. The number of pyridine rings is 1. The number of fused-ring (bicyclic) bond motifs is 1. The molecular formula is C25H25N3O4. The SMILES string of the molecule is Cc1noc(C)c1-c1cnc2c(-c3ccc(C(=O)O)cc3)cn(CC3CCOCC3)c2c1. The molecule has 0 unspecified atom stereocenters. The van der Waals surface area contributed by atoms with Gasteiger partial charge < -0.3 is 18.9 Å². The molecule has 0 saturated carbocycles. The van der Waals surface area contributed by atoms with Crippen molar-refractivity contribution in [3.63, 3.8) is 0 Å². The molecule has 32 heavy (non-hydrogen) atoms. The smallest absolute Gasteiger partial charge is 0.335 e. The Balaban J connectivity index is 1.63. The highest BCUT2D eigenvalue weighted by atomic mass is 16.5. The maximum atomic E-state index is 11.3. The predicted octanol–water partition coefficient (Wildman–Crippen LogP) is 5.10. The number of benzene rings is 1. The van der Waals surface area contributed by atoms with Crippen LogP contribution >= 0.6 is 0 Å². The highest BCUT2D eigenvalue weighted by Gasteiger charge is 2.20. The lowest BCUT2D eigenvalue weighted by Gasteiger charge is -2.22. The van der Waals surface area contributed by atoms with Gasteiger partial charge in [-0.1, -0.05) is 17.3 Å². The number of carboxylic acid groups (broad SMARTS) is 1. The third-order valence-electron chi connectivity index (χ3n) is 6.28. The molecule has 164 valence electrons. The average molecular weight is 431 g/mol. The summed E-state index contributed by atoms with van der Waals surface area (Å²) in [5.74, 6) is 0.390. The minimum Gasteiger partial charge on any atom is -0.478 e. The summed E-state index contributed by atoms with van der Waals surface area (Å²) >= 11 is 0. The van der Waals surface area contributed by atoms with E-state index in [-0.39, 0.29) is 5.56 Å². The molecule has 1 saturated heterocycles. The van der Waals surface area contributed by atoms with Crippen LogP contribution in [0.1, 0.15) is 34.7 Å². The summed E-state index contributed by atoms with van der Waals surface area (Å²) in [6.45, 7) is 6.34. The van der Waals surface area contributed by atoms with Gasteiger partial charge in [0, 0.05) is 48.8 Å². The van der Waals surface area contributed by atoms with Gasteiger partial charge in [-0.15, -0.1) is 0 Å². The van der Waals surface area contributed by atoms with E-state index in [1.807, 2.05) is 32.2 Å². The third kappa shape index (κ3) is 3.69. The molecular weight excluding hydrogens is 406 g/mol. The molecule has 1 fully saturated rings. The fourth-order valence-electron chi connectivity index (χ4n) is 4.56. The van der Waals surface area contributed by atoms with Gasteiger partial charge >= 0.3 is 5.97 Å². The summed E-state index contributed by atoms with van der Waals surface area (Å²) in [4.78, 5) is 16.1. The Hall–Kier alpha value is -3.45. The molecule has 0 bridgehead atoms. The summed E-state index contributed by atoms with van der Waals surface area (Å²) in [5, 5.41) is 13.3. The van der Waals surface area contributed by atoms with Crippen molar-refractivity contribution in [3.8, 4) is 22.3 Å². The zero-order valence-electron chi connectivity index (χ0n) is 18.2. The van der Waals surface area contributed by atoms with Gasteiger partial charge in [0.2, 0.25) is 0 Å². The number of aromatic carboxylic acids is 1. The van der Waals surface area contributed by atoms with Crippen LogP contribution in [0.25, 0.3) is 33.3 Å². The Morgan fingerprint density at radius 3 is 2.56 bits per heavy atom. The predicted molar refractivity (Wildman–Crippen MR) is 121 cm³/mol. The van der Waals surface area contributed by atoms with Crippen LogP contribution in [0.2, 0.25) is 0 Å². The molecule has 7 heteroatoms. The second-order valence-corrected chi connectivity index (χ2v) is 8.42. The quantitative estimate of drug-likeness (QED) is 0.473. The normalized spacial score (nSPS) is 14.8. The van der Waals surface area contributed by atoms with Gasteiger partial charge in [0.15, 0.2) is 0 Å². The van der Waals surface area contributed by atoms with E-state index < -0.39 is 5.97 Å². The minimum absolute atomic E-state index is 0.272. The molecule has 0 atom stereocenters. The van der Waals surface area contributed by atoms with Crippen LogP contribution in [0.4, 0.5) is 0 Å². The lowest BCUT2D eigenvalue weighted by molar-refractivity contribution is 0.0616. The molecule has 4 aromatic rings. The van der Waals surface area contributed by atoms with Crippen molar-refractivity contribution >= 4 is 17.0 Å². The Bertz CT molecular complexity index is 1260. The molecule has 1 N–H and O–H groups in total. The zero-order valence-corrected chi connectivity index (χ0v) is 18.2. The van der Waals surface area contributed by atoms with Crippen LogP contribution in [0.3, 0.4) is 0 Å². The van der Waals surface area contributed by atoms with E-state index >= 15 is 0 Å². The first-order valence-corrected chi connectivity index (χ1v) is 10.8. The number of aryl methyl sites for hydroxylation is 2. The van der Waals surface area contributed by atoms with E-state index in [2.05, 4.69) is 22.0 Å². The van der Waals surface area contributed by atoms with E-state index in [0.717, 1.165) is 77.3 Å². The first-order chi connectivity index (χ1) is 15.5. The van der Waals surface area contributed by atoms with Crippen molar-refractivity contribution < 1.29 is 19.2 Å². The topological polar surface area (TPSA) is 90.4 Å². The van der Waals surface area contributed by atoms with Crippen molar-refractivity contribution in [2.24, 2.45) is 5.92 Å². The molecule has 0 amide bonds. The fourth-order valence-corrected chi connectivity index (χ4v) is 4.56. The van der Waals surface area contributed by atoms with Crippen LogP contribution in [0.15, 0.2) is 47.2 Å². The third-order valence-corrected chi connectivity index (χ3v) is 6.28. The Kier molecular flexibility index (Phi) is 5.27. The molecule has 7 nitrogen and oxygen atoms in total. The van der Waals surface area contributed by atoms with Crippen molar-refractivity contribution in [1.82, 2.24) is 14.7 Å². The summed E-state index contributed by atoms with van der Waals surface area (Å²) in [5.41, 5.74) is 6.96. The summed E-state index contributed by atoms with van der Waals surface area (Å²) in [6.07, 6.45) is 6.08. The van der Waals surface area contributed by atoms with Crippen molar-refractivity contribution in [2.45, 2.75) is 33.2 Å². The van der Waals surface area contributed by atoms with Gasteiger partial charge in [-0.2, -0.15) is 0 Å². The summed E-state index contributed by atoms with van der Waals surface area (Å²) in [7, 11) is 0. The standard InChI is InChI=1S/C25H25N3O4/c1-15-23(16(2)32-27-15)20-11-22-24(26-12-20)21(18-3-5-19(6-4-18)25(29)30)14-28(22)13-17-7-9-31-10-8-17/h3-6,11-12,14,17H,7-10,13H2,1-2H3,(H,29,30). The van der Waals surface area contributed by atoms with Gasteiger partial charge in [0.05, 0.1) is 22.3 Å². The first kappa shape index (κ1) is 20.5. The van der Waals surface area contributed by atoms with Crippen LogP contribution < -0.4 is 0 Å². The second-order valence-electron chi connectivity index (χ2n) is 8.42. The highest BCUT2D eigenvalue weighted by molar-refractivity contribution is 5.96. The molecule has 5 rings (SSSR count). The molecule has 1 aromatic carbocycles.